The minimum atomic E-state index is -0.569. The monoisotopic (exact) mass is 553 g/mol. The molecule has 0 aliphatic rings. The number of alkyl carbamates (subject to hydrolysis) is 2. The summed E-state index contributed by atoms with van der Waals surface area (Å²) in [7, 11) is 0. The highest BCUT2D eigenvalue weighted by molar-refractivity contribution is 5.68. The fourth-order valence-electron chi connectivity index (χ4n) is 4.39. The zero-order valence-electron chi connectivity index (χ0n) is 25.4. The number of hydrogen-bond acceptors (Lipinski definition) is 5. The number of benzene rings is 2. The Kier molecular flexibility index (Phi) is 14.0. The second kappa shape index (κ2) is 16.9. The average molecular weight is 554 g/mol. The first kappa shape index (κ1) is 33.1. The molecule has 7 heteroatoms. The maximum atomic E-state index is 12.5. The summed E-state index contributed by atoms with van der Waals surface area (Å²) in [5.74, 6) is 0.497. The Labute approximate surface area is 241 Å². The van der Waals surface area contributed by atoms with Crippen LogP contribution in [0.2, 0.25) is 0 Å². The molecule has 0 heterocycles. The van der Waals surface area contributed by atoms with Crippen molar-refractivity contribution in [1.29, 1.82) is 0 Å². The zero-order chi connectivity index (χ0) is 29.4. The molecule has 0 fully saturated rings. The topological polar surface area (TPSA) is 88.7 Å². The van der Waals surface area contributed by atoms with Gasteiger partial charge in [-0.2, -0.15) is 0 Å². The van der Waals surface area contributed by atoms with Crippen molar-refractivity contribution in [2.45, 2.75) is 97.3 Å². The molecule has 222 valence electrons. The molecule has 0 aliphatic carbocycles. The first-order valence-electron chi connectivity index (χ1n) is 14.6. The number of ether oxygens (including phenoxy) is 2. The minimum Gasteiger partial charge on any atom is -0.444 e. The van der Waals surface area contributed by atoms with Crippen LogP contribution >= 0.6 is 0 Å². The van der Waals surface area contributed by atoms with Gasteiger partial charge in [-0.1, -0.05) is 60.7 Å². The summed E-state index contributed by atoms with van der Waals surface area (Å²) in [5, 5.41) is 9.45. The summed E-state index contributed by atoms with van der Waals surface area (Å²) in [4.78, 5) is 24.5. The lowest BCUT2D eigenvalue weighted by Gasteiger charge is -2.25. The first-order chi connectivity index (χ1) is 18.9. The molecule has 7 nitrogen and oxygen atoms in total. The van der Waals surface area contributed by atoms with Crippen LogP contribution in [0.1, 0.15) is 78.4 Å². The summed E-state index contributed by atoms with van der Waals surface area (Å²) in [6.07, 6.45) is 4.80. The largest absolute Gasteiger partial charge is 0.444 e. The van der Waals surface area contributed by atoms with Gasteiger partial charge in [0.1, 0.15) is 11.2 Å². The number of carbonyl (C=O) groups is 2. The van der Waals surface area contributed by atoms with Crippen LogP contribution in [0.15, 0.2) is 60.7 Å². The van der Waals surface area contributed by atoms with Crippen LogP contribution in [0.4, 0.5) is 9.59 Å². The van der Waals surface area contributed by atoms with Gasteiger partial charge in [-0.15, -0.1) is 0 Å². The molecule has 2 aromatic rings. The van der Waals surface area contributed by atoms with E-state index in [1.165, 1.54) is 11.1 Å². The molecule has 1 atom stereocenters. The van der Waals surface area contributed by atoms with E-state index < -0.39 is 23.4 Å². The van der Waals surface area contributed by atoms with Crippen LogP contribution in [-0.2, 0) is 22.3 Å². The molecule has 0 aliphatic heterocycles. The van der Waals surface area contributed by atoms with E-state index in [2.05, 4.69) is 76.6 Å². The lowest BCUT2D eigenvalue weighted by molar-refractivity contribution is 0.0488. The normalized spacial score (nSPS) is 12.6. The molecule has 0 saturated carbocycles. The second-order valence-electron chi connectivity index (χ2n) is 12.5. The van der Waals surface area contributed by atoms with Crippen molar-refractivity contribution >= 4 is 12.2 Å². The van der Waals surface area contributed by atoms with E-state index in [1.54, 1.807) is 0 Å². The quantitative estimate of drug-likeness (QED) is 0.215. The van der Waals surface area contributed by atoms with Gasteiger partial charge in [0.25, 0.3) is 0 Å². The summed E-state index contributed by atoms with van der Waals surface area (Å²) < 4.78 is 10.8. The highest BCUT2D eigenvalue weighted by Gasteiger charge is 2.20. The molecule has 3 N–H and O–H groups in total. The molecule has 0 aromatic heterocycles. The molecule has 2 rings (SSSR count). The van der Waals surface area contributed by atoms with Gasteiger partial charge < -0.3 is 25.4 Å². The fraction of sp³-hybridized carbons (Fsp3) is 0.576. The van der Waals surface area contributed by atoms with E-state index in [0.29, 0.717) is 31.8 Å². The van der Waals surface area contributed by atoms with Gasteiger partial charge in [0.05, 0.1) is 0 Å². The number of nitrogens with one attached hydrogen (secondary N) is 3. The van der Waals surface area contributed by atoms with Gasteiger partial charge >= 0.3 is 12.2 Å². The first-order valence-corrected chi connectivity index (χ1v) is 14.6. The summed E-state index contributed by atoms with van der Waals surface area (Å²) in [6.45, 7) is 13.0. The van der Waals surface area contributed by atoms with Gasteiger partial charge in [-0.3, -0.25) is 0 Å². The third kappa shape index (κ3) is 16.1. The van der Waals surface area contributed by atoms with Crippen molar-refractivity contribution < 1.29 is 19.1 Å². The summed E-state index contributed by atoms with van der Waals surface area (Å²) in [5.41, 5.74) is 1.61. The Morgan fingerprint density at radius 2 is 1.20 bits per heavy atom. The maximum Gasteiger partial charge on any atom is 0.407 e. The Hall–Kier alpha value is -3.06. The average Bonchev–Trinajstić information content (AvgIpc) is 2.86. The van der Waals surface area contributed by atoms with Crippen molar-refractivity contribution in [2.24, 2.45) is 5.92 Å². The van der Waals surface area contributed by atoms with Crippen LogP contribution < -0.4 is 16.0 Å². The van der Waals surface area contributed by atoms with Crippen molar-refractivity contribution in [3.8, 4) is 0 Å². The minimum absolute atomic E-state index is 0.126. The van der Waals surface area contributed by atoms with Gasteiger partial charge in [-0.05, 0) is 104 Å². The number of hydrogen-bond donors (Lipinski definition) is 3. The van der Waals surface area contributed by atoms with E-state index in [1.807, 2.05) is 41.5 Å². The summed E-state index contributed by atoms with van der Waals surface area (Å²) >= 11 is 0. The highest BCUT2D eigenvalue weighted by atomic mass is 16.6. The number of aryl methyl sites for hydroxylation is 2. The Morgan fingerprint density at radius 1 is 0.700 bits per heavy atom. The second-order valence-corrected chi connectivity index (χ2v) is 12.5. The smallest absolute Gasteiger partial charge is 0.407 e. The van der Waals surface area contributed by atoms with Gasteiger partial charge in [0.15, 0.2) is 0 Å². The number of amides is 2. The van der Waals surface area contributed by atoms with Gasteiger partial charge in [0, 0.05) is 19.1 Å². The third-order valence-electron chi connectivity index (χ3n) is 6.31. The Morgan fingerprint density at radius 3 is 1.70 bits per heavy atom. The van der Waals surface area contributed by atoms with E-state index >= 15 is 0 Å². The standard InChI is InChI=1S/C33H51N3O4/c1-32(2,3)39-30(37)35-23-13-18-29(36-31(38)40-33(4,5)6)25-34-24-28(21-19-26-14-9-7-10-15-26)22-20-27-16-11-8-12-17-27/h7-12,14-17,28-29,34H,13,18-25H2,1-6H3,(H,35,37)(H,36,38)/t29-/m0/s1. The molecule has 40 heavy (non-hydrogen) atoms. The number of carbonyl (C=O) groups excluding carboxylic acids is 2. The molecular formula is C33H51N3O4. The number of rotatable bonds is 15. The molecule has 0 spiro atoms. The predicted octanol–water partition coefficient (Wildman–Crippen LogP) is 6.66. The van der Waals surface area contributed by atoms with Crippen molar-refractivity contribution in [2.75, 3.05) is 19.6 Å². The summed E-state index contributed by atoms with van der Waals surface area (Å²) in [6, 6.07) is 21.1. The van der Waals surface area contributed by atoms with Crippen molar-refractivity contribution in [3.05, 3.63) is 71.8 Å². The lowest BCUT2D eigenvalue weighted by atomic mass is 9.93. The Balaban J connectivity index is 1.92. The van der Waals surface area contributed by atoms with Crippen LogP contribution in [-0.4, -0.2) is 49.1 Å². The van der Waals surface area contributed by atoms with E-state index in [4.69, 9.17) is 9.47 Å². The van der Waals surface area contributed by atoms with Gasteiger partial charge in [-0.25, -0.2) is 9.59 Å². The third-order valence-corrected chi connectivity index (χ3v) is 6.31. The molecule has 2 aromatic carbocycles. The SMILES string of the molecule is CC(C)(C)OC(=O)NCCC[C@@H](CNCC(CCc1ccccc1)CCc1ccccc1)NC(=O)OC(C)(C)C. The van der Waals surface area contributed by atoms with Crippen LogP contribution in [0.25, 0.3) is 0 Å². The van der Waals surface area contributed by atoms with Crippen LogP contribution in [0, 0.1) is 5.92 Å². The molecule has 2 amide bonds. The maximum absolute atomic E-state index is 12.5. The zero-order valence-corrected chi connectivity index (χ0v) is 25.4. The molecule has 0 unspecified atom stereocenters. The van der Waals surface area contributed by atoms with E-state index in [-0.39, 0.29) is 6.04 Å². The molecule has 0 radical (unpaired) electrons. The molecular weight excluding hydrogens is 502 g/mol. The van der Waals surface area contributed by atoms with Gasteiger partial charge in [0.2, 0.25) is 0 Å². The fourth-order valence-corrected chi connectivity index (χ4v) is 4.39. The Bertz CT molecular complexity index is 941. The van der Waals surface area contributed by atoms with E-state index in [9.17, 15) is 9.59 Å². The van der Waals surface area contributed by atoms with Crippen LogP contribution in [0.3, 0.4) is 0 Å². The van der Waals surface area contributed by atoms with Crippen molar-refractivity contribution in [3.63, 3.8) is 0 Å². The van der Waals surface area contributed by atoms with Crippen LogP contribution in [0.5, 0.6) is 0 Å². The predicted molar refractivity (Wildman–Crippen MR) is 163 cm³/mol. The molecule has 0 saturated heterocycles. The highest BCUT2D eigenvalue weighted by Crippen LogP contribution is 2.17. The van der Waals surface area contributed by atoms with E-state index in [0.717, 1.165) is 32.2 Å². The lowest BCUT2D eigenvalue weighted by Crippen LogP contribution is -2.45. The molecule has 0 bridgehead atoms. The van der Waals surface area contributed by atoms with Crippen molar-refractivity contribution in [1.82, 2.24) is 16.0 Å².